The van der Waals surface area contributed by atoms with Gasteiger partial charge in [-0.1, -0.05) is 66.2 Å². The molecule has 1 N–H and O–H groups in total. The Morgan fingerprint density at radius 1 is 0.909 bits per heavy atom. The largest absolute Gasteiger partial charge is 0.387 e. The van der Waals surface area contributed by atoms with Gasteiger partial charge in [0, 0.05) is 5.02 Å². The first-order chi connectivity index (χ1) is 10.7. The predicted octanol–water partition coefficient (Wildman–Crippen LogP) is 4.83. The van der Waals surface area contributed by atoms with Crippen LogP contribution in [0.1, 0.15) is 23.1 Å². The summed E-state index contributed by atoms with van der Waals surface area (Å²) in [7, 11) is 0. The Morgan fingerprint density at radius 2 is 1.59 bits per heavy atom. The molecule has 0 saturated carbocycles. The second kappa shape index (κ2) is 6.19. The molecule has 3 aromatic rings. The van der Waals surface area contributed by atoms with E-state index in [9.17, 15) is 10.4 Å². The third-order valence-electron chi connectivity index (χ3n) is 3.82. The fourth-order valence-corrected chi connectivity index (χ4v) is 2.81. The maximum atomic E-state index is 10.6. The van der Waals surface area contributed by atoms with E-state index in [-0.39, 0.29) is 0 Å². The lowest BCUT2D eigenvalue weighted by atomic mass is 9.87. The molecule has 0 aliphatic carbocycles. The van der Waals surface area contributed by atoms with Crippen molar-refractivity contribution >= 4 is 22.4 Å². The standard InChI is InChI=1S/C19H14ClNO/c20-15-10-8-14(9-11-15)19(22)18(12-21)17-7-3-5-13-4-1-2-6-16(13)17/h1-11,18-19,22H/t18-,19-/m1/s1. The van der Waals surface area contributed by atoms with E-state index in [1.165, 1.54) is 0 Å². The average molecular weight is 308 g/mol. The predicted molar refractivity (Wildman–Crippen MR) is 88.7 cm³/mol. The Balaban J connectivity index is 2.07. The van der Waals surface area contributed by atoms with Crippen LogP contribution < -0.4 is 0 Å². The lowest BCUT2D eigenvalue weighted by molar-refractivity contribution is 0.164. The second-order valence-electron chi connectivity index (χ2n) is 5.17. The zero-order valence-electron chi connectivity index (χ0n) is 11.8. The fourth-order valence-electron chi connectivity index (χ4n) is 2.68. The Kier molecular flexibility index (Phi) is 4.11. The molecule has 108 valence electrons. The van der Waals surface area contributed by atoms with Crippen molar-refractivity contribution in [3.05, 3.63) is 82.9 Å². The van der Waals surface area contributed by atoms with E-state index in [0.717, 1.165) is 16.3 Å². The number of benzene rings is 3. The maximum Gasteiger partial charge on any atom is 0.102 e. The fraction of sp³-hybridized carbons (Fsp3) is 0.105. The maximum absolute atomic E-state index is 10.6. The highest BCUT2D eigenvalue weighted by atomic mass is 35.5. The minimum Gasteiger partial charge on any atom is -0.387 e. The van der Waals surface area contributed by atoms with E-state index in [2.05, 4.69) is 6.07 Å². The van der Waals surface area contributed by atoms with Gasteiger partial charge >= 0.3 is 0 Å². The van der Waals surface area contributed by atoms with Crippen molar-refractivity contribution < 1.29 is 5.11 Å². The third-order valence-corrected chi connectivity index (χ3v) is 4.08. The van der Waals surface area contributed by atoms with Crippen LogP contribution in [-0.4, -0.2) is 5.11 Å². The van der Waals surface area contributed by atoms with Gasteiger partial charge in [0.25, 0.3) is 0 Å². The summed E-state index contributed by atoms with van der Waals surface area (Å²) >= 11 is 5.88. The monoisotopic (exact) mass is 307 g/mol. The number of hydrogen-bond acceptors (Lipinski definition) is 2. The van der Waals surface area contributed by atoms with Crippen LogP contribution >= 0.6 is 11.6 Å². The van der Waals surface area contributed by atoms with E-state index in [0.29, 0.717) is 10.6 Å². The van der Waals surface area contributed by atoms with Gasteiger partial charge in [-0.05, 0) is 34.0 Å². The third kappa shape index (κ3) is 2.69. The summed E-state index contributed by atoms with van der Waals surface area (Å²) < 4.78 is 0. The SMILES string of the molecule is N#C[C@H](c1cccc2ccccc12)[C@H](O)c1ccc(Cl)cc1. The summed E-state index contributed by atoms with van der Waals surface area (Å²) in [5.41, 5.74) is 1.52. The first-order valence-corrected chi connectivity index (χ1v) is 7.39. The zero-order valence-corrected chi connectivity index (χ0v) is 12.5. The topological polar surface area (TPSA) is 44.0 Å². The van der Waals surface area contributed by atoms with Gasteiger partial charge in [-0.15, -0.1) is 0 Å². The number of hydrogen-bond donors (Lipinski definition) is 1. The number of rotatable bonds is 3. The minimum absolute atomic E-state index is 0.606. The van der Waals surface area contributed by atoms with Gasteiger partial charge in [0.2, 0.25) is 0 Å². The summed E-state index contributed by atoms with van der Waals surface area (Å²) in [6, 6.07) is 22.9. The Morgan fingerprint density at radius 3 is 2.32 bits per heavy atom. The zero-order chi connectivity index (χ0) is 15.5. The van der Waals surface area contributed by atoms with Crippen molar-refractivity contribution in [3.8, 4) is 6.07 Å². The second-order valence-corrected chi connectivity index (χ2v) is 5.61. The number of halogens is 1. The lowest BCUT2D eigenvalue weighted by Crippen LogP contribution is -2.09. The molecule has 0 saturated heterocycles. The number of fused-ring (bicyclic) bond motifs is 1. The molecule has 0 aromatic heterocycles. The number of nitrogens with zero attached hydrogens (tertiary/aromatic N) is 1. The van der Waals surface area contributed by atoms with Gasteiger partial charge in [-0.25, -0.2) is 0 Å². The molecular formula is C19H14ClNO. The van der Waals surface area contributed by atoms with Crippen LogP contribution in [0.5, 0.6) is 0 Å². The lowest BCUT2D eigenvalue weighted by Gasteiger charge is -2.19. The van der Waals surface area contributed by atoms with Gasteiger partial charge < -0.3 is 5.11 Å². The normalized spacial score (nSPS) is 13.5. The number of aliphatic hydroxyl groups is 1. The molecule has 0 heterocycles. The number of aliphatic hydroxyl groups excluding tert-OH is 1. The van der Waals surface area contributed by atoms with Crippen molar-refractivity contribution in [3.63, 3.8) is 0 Å². The van der Waals surface area contributed by atoms with Crippen molar-refractivity contribution in [1.82, 2.24) is 0 Å². The van der Waals surface area contributed by atoms with E-state index in [1.54, 1.807) is 24.3 Å². The molecule has 0 bridgehead atoms. The highest BCUT2D eigenvalue weighted by Gasteiger charge is 2.24. The van der Waals surface area contributed by atoms with Crippen LogP contribution in [0.3, 0.4) is 0 Å². The molecule has 0 aliphatic heterocycles. The van der Waals surface area contributed by atoms with Crippen molar-refractivity contribution in [2.24, 2.45) is 0 Å². The van der Waals surface area contributed by atoms with E-state index in [1.807, 2.05) is 42.5 Å². The molecule has 3 heteroatoms. The molecule has 0 unspecified atom stereocenters. The van der Waals surface area contributed by atoms with Crippen LogP contribution in [0.4, 0.5) is 0 Å². The van der Waals surface area contributed by atoms with Gasteiger partial charge in [-0.2, -0.15) is 5.26 Å². The van der Waals surface area contributed by atoms with Crippen LogP contribution in [-0.2, 0) is 0 Å². The van der Waals surface area contributed by atoms with E-state index in [4.69, 9.17) is 11.6 Å². The van der Waals surface area contributed by atoms with Crippen molar-refractivity contribution in [2.75, 3.05) is 0 Å². The first kappa shape index (κ1) is 14.6. The molecule has 2 nitrogen and oxygen atoms in total. The molecule has 3 aromatic carbocycles. The summed E-state index contributed by atoms with van der Waals surface area (Å²) in [4.78, 5) is 0. The van der Waals surface area contributed by atoms with Gasteiger partial charge in [-0.3, -0.25) is 0 Å². The molecule has 0 fully saturated rings. The van der Waals surface area contributed by atoms with Gasteiger partial charge in [0.15, 0.2) is 0 Å². The van der Waals surface area contributed by atoms with Crippen molar-refractivity contribution in [2.45, 2.75) is 12.0 Å². The van der Waals surface area contributed by atoms with E-state index >= 15 is 0 Å². The molecule has 2 atom stereocenters. The quantitative estimate of drug-likeness (QED) is 0.753. The van der Waals surface area contributed by atoms with Crippen LogP contribution in [0, 0.1) is 11.3 Å². The van der Waals surface area contributed by atoms with Crippen LogP contribution in [0.25, 0.3) is 10.8 Å². The highest BCUT2D eigenvalue weighted by Crippen LogP contribution is 2.34. The van der Waals surface area contributed by atoms with E-state index < -0.39 is 12.0 Å². The average Bonchev–Trinajstić information content (AvgIpc) is 2.56. The smallest absolute Gasteiger partial charge is 0.102 e. The molecule has 0 aliphatic rings. The summed E-state index contributed by atoms with van der Waals surface area (Å²) in [6.45, 7) is 0. The van der Waals surface area contributed by atoms with Crippen molar-refractivity contribution in [1.29, 1.82) is 5.26 Å². The number of nitriles is 1. The van der Waals surface area contributed by atoms with Crippen LogP contribution in [0.2, 0.25) is 5.02 Å². The Labute approximate surface area is 134 Å². The van der Waals surface area contributed by atoms with Gasteiger partial charge in [0.1, 0.15) is 5.92 Å². The van der Waals surface area contributed by atoms with Gasteiger partial charge in [0.05, 0.1) is 12.2 Å². The minimum atomic E-state index is -0.895. The molecule has 0 amide bonds. The molecule has 22 heavy (non-hydrogen) atoms. The molecular weight excluding hydrogens is 294 g/mol. The first-order valence-electron chi connectivity index (χ1n) is 7.01. The molecule has 0 spiro atoms. The molecule has 0 radical (unpaired) electrons. The Hall–Kier alpha value is -2.34. The highest BCUT2D eigenvalue weighted by molar-refractivity contribution is 6.30. The Bertz CT molecular complexity index is 831. The summed E-state index contributed by atoms with van der Waals surface area (Å²) in [5, 5.41) is 22.9. The summed E-state index contributed by atoms with van der Waals surface area (Å²) in [6.07, 6.45) is -0.895. The summed E-state index contributed by atoms with van der Waals surface area (Å²) in [5.74, 6) is -0.632. The molecule has 3 rings (SSSR count). The van der Waals surface area contributed by atoms with Crippen LogP contribution in [0.15, 0.2) is 66.7 Å².